The normalized spacial score (nSPS) is 21.6. The van der Waals surface area contributed by atoms with Gasteiger partial charge in [0.1, 0.15) is 0 Å². The average Bonchev–Trinajstić information content (AvgIpc) is 3.11. The number of pyridine rings is 1. The summed E-state index contributed by atoms with van der Waals surface area (Å²) in [7, 11) is 0. The second-order valence-corrected chi connectivity index (χ2v) is 5.52. The molecule has 0 spiro atoms. The molecule has 2 aromatic rings. The summed E-state index contributed by atoms with van der Waals surface area (Å²) in [6.07, 6.45) is 3.96. The molecule has 0 radical (unpaired) electrons. The van der Waals surface area contributed by atoms with Crippen molar-refractivity contribution in [2.75, 3.05) is 6.54 Å². The lowest BCUT2D eigenvalue weighted by molar-refractivity contribution is 0.315. The molecule has 2 aromatic heterocycles. The number of aromatic nitrogens is 2. The fourth-order valence-corrected chi connectivity index (χ4v) is 3.42. The van der Waals surface area contributed by atoms with Crippen LogP contribution in [-0.4, -0.2) is 26.1 Å². The monoisotopic (exact) mass is 300 g/mol. The van der Waals surface area contributed by atoms with Crippen LogP contribution in [0.25, 0.3) is 0 Å². The Morgan fingerprint density at radius 2 is 2.05 bits per heavy atom. The van der Waals surface area contributed by atoms with Crippen LogP contribution in [0.3, 0.4) is 0 Å². The van der Waals surface area contributed by atoms with E-state index in [4.69, 9.17) is 12.2 Å². The highest BCUT2D eigenvalue weighted by atomic mass is 32.1. The fourth-order valence-electron chi connectivity index (χ4n) is 3.05. The maximum absolute atomic E-state index is 5.52. The summed E-state index contributed by atoms with van der Waals surface area (Å²) in [6.45, 7) is 6.14. The first-order chi connectivity index (χ1) is 10.3. The van der Waals surface area contributed by atoms with E-state index in [0.29, 0.717) is 0 Å². The van der Waals surface area contributed by atoms with Crippen LogP contribution in [0.5, 0.6) is 0 Å². The van der Waals surface area contributed by atoms with E-state index in [1.807, 2.05) is 18.3 Å². The largest absolute Gasteiger partial charge is 0.352 e. The molecule has 21 heavy (non-hydrogen) atoms. The molecule has 2 atom stereocenters. The molecule has 0 bridgehead atoms. The quantitative estimate of drug-likeness (QED) is 0.880. The van der Waals surface area contributed by atoms with Crippen molar-refractivity contribution in [3.63, 3.8) is 0 Å². The predicted octanol–water partition coefficient (Wildman–Crippen LogP) is 2.90. The average molecular weight is 300 g/mol. The lowest BCUT2D eigenvalue weighted by Gasteiger charge is -2.27. The van der Waals surface area contributed by atoms with Gasteiger partial charge < -0.3 is 14.8 Å². The van der Waals surface area contributed by atoms with Gasteiger partial charge in [-0.05, 0) is 50.3 Å². The Morgan fingerprint density at radius 3 is 2.71 bits per heavy atom. The Labute approximate surface area is 130 Å². The van der Waals surface area contributed by atoms with Crippen molar-refractivity contribution < 1.29 is 0 Å². The van der Waals surface area contributed by atoms with Gasteiger partial charge >= 0.3 is 0 Å². The Kier molecular flexibility index (Phi) is 3.92. The Hall–Kier alpha value is -1.88. The van der Waals surface area contributed by atoms with Crippen LogP contribution in [0.2, 0.25) is 0 Å². The highest BCUT2D eigenvalue weighted by Crippen LogP contribution is 2.38. The fraction of sp³-hybridized carbons (Fsp3) is 0.375. The van der Waals surface area contributed by atoms with E-state index < -0.39 is 0 Å². The van der Waals surface area contributed by atoms with Crippen LogP contribution >= 0.6 is 12.2 Å². The molecule has 0 aromatic carbocycles. The first-order valence-electron chi connectivity index (χ1n) is 7.39. The minimum atomic E-state index is 0.0962. The third-order valence-corrected chi connectivity index (χ3v) is 4.40. The number of rotatable bonds is 4. The van der Waals surface area contributed by atoms with Gasteiger partial charge in [-0.1, -0.05) is 6.07 Å². The van der Waals surface area contributed by atoms with E-state index in [0.717, 1.165) is 23.9 Å². The molecule has 0 saturated carbocycles. The summed E-state index contributed by atoms with van der Waals surface area (Å²) in [6, 6.07) is 10.6. The van der Waals surface area contributed by atoms with Gasteiger partial charge in [-0.3, -0.25) is 4.98 Å². The molecule has 1 aliphatic heterocycles. The standard InChI is InChI=1S/C16H20N4S/c1-3-19-11-7-9-13(19)15-14(12-8-5-6-10-17-12)18-16(21)20(15)4-2/h5-11,14-15H,3-4H2,1-2H3,(H,18,21)/t14-,15+/m0/s1. The summed E-state index contributed by atoms with van der Waals surface area (Å²) < 4.78 is 2.28. The van der Waals surface area contributed by atoms with Gasteiger partial charge in [-0.15, -0.1) is 0 Å². The van der Waals surface area contributed by atoms with Crippen molar-refractivity contribution in [1.29, 1.82) is 0 Å². The number of aryl methyl sites for hydroxylation is 1. The Morgan fingerprint density at radius 1 is 1.19 bits per heavy atom. The molecule has 4 nitrogen and oxygen atoms in total. The van der Waals surface area contributed by atoms with Crippen molar-refractivity contribution in [2.45, 2.75) is 32.5 Å². The van der Waals surface area contributed by atoms with Crippen molar-refractivity contribution >= 4 is 17.3 Å². The summed E-state index contributed by atoms with van der Waals surface area (Å²) in [5, 5.41) is 4.25. The molecule has 1 N–H and O–H groups in total. The van der Waals surface area contributed by atoms with Crippen LogP contribution < -0.4 is 5.32 Å². The topological polar surface area (TPSA) is 33.1 Å². The molecule has 0 aliphatic carbocycles. The molecule has 1 saturated heterocycles. The van der Waals surface area contributed by atoms with E-state index in [-0.39, 0.29) is 12.1 Å². The second-order valence-electron chi connectivity index (χ2n) is 5.13. The molecule has 0 amide bonds. The third-order valence-electron chi connectivity index (χ3n) is 4.05. The van der Waals surface area contributed by atoms with Crippen molar-refractivity contribution in [3.8, 4) is 0 Å². The summed E-state index contributed by atoms with van der Waals surface area (Å²) >= 11 is 5.52. The second kappa shape index (κ2) is 5.85. The van der Waals surface area contributed by atoms with Crippen molar-refractivity contribution in [1.82, 2.24) is 19.8 Å². The van der Waals surface area contributed by atoms with Crippen LogP contribution in [0.4, 0.5) is 0 Å². The lowest BCUT2D eigenvalue weighted by Crippen LogP contribution is -2.30. The smallest absolute Gasteiger partial charge is 0.170 e. The minimum absolute atomic E-state index is 0.0962. The van der Waals surface area contributed by atoms with Gasteiger partial charge in [0.25, 0.3) is 0 Å². The molecule has 0 unspecified atom stereocenters. The number of likely N-dealkylation sites (N-methyl/N-ethyl adjacent to an activating group) is 1. The maximum Gasteiger partial charge on any atom is 0.170 e. The summed E-state index contributed by atoms with van der Waals surface area (Å²) in [5.74, 6) is 0. The van der Waals surface area contributed by atoms with Crippen molar-refractivity contribution in [3.05, 3.63) is 54.1 Å². The van der Waals surface area contributed by atoms with Gasteiger partial charge in [-0.2, -0.15) is 0 Å². The minimum Gasteiger partial charge on any atom is -0.352 e. The zero-order valence-corrected chi connectivity index (χ0v) is 13.2. The summed E-state index contributed by atoms with van der Waals surface area (Å²) in [4.78, 5) is 6.77. The maximum atomic E-state index is 5.52. The van der Waals surface area contributed by atoms with Crippen LogP contribution in [0.1, 0.15) is 37.3 Å². The zero-order valence-electron chi connectivity index (χ0n) is 12.4. The number of hydrogen-bond donors (Lipinski definition) is 1. The highest BCUT2D eigenvalue weighted by Gasteiger charge is 2.40. The molecular weight excluding hydrogens is 280 g/mol. The van der Waals surface area contributed by atoms with E-state index in [2.05, 4.69) is 58.0 Å². The first kappa shape index (κ1) is 14.1. The summed E-state index contributed by atoms with van der Waals surface area (Å²) in [5.41, 5.74) is 2.31. The lowest BCUT2D eigenvalue weighted by atomic mass is 10.0. The van der Waals surface area contributed by atoms with E-state index >= 15 is 0 Å². The van der Waals surface area contributed by atoms with Gasteiger partial charge in [0.2, 0.25) is 0 Å². The predicted molar refractivity (Wildman–Crippen MR) is 87.9 cm³/mol. The van der Waals surface area contributed by atoms with Gasteiger partial charge in [0.05, 0.1) is 17.8 Å². The van der Waals surface area contributed by atoms with Gasteiger partial charge in [0.15, 0.2) is 5.11 Å². The first-order valence-corrected chi connectivity index (χ1v) is 7.80. The van der Waals surface area contributed by atoms with E-state index in [9.17, 15) is 0 Å². The molecule has 110 valence electrons. The number of nitrogens with one attached hydrogen (secondary N) is 1. The zero-order chi connectivity index (χ0) is 14.8. The SMILES string of the molecule is CCN1C(=S)N[C@@H](c2ccccn2)[C@H]1c1cccn1CC. The van der Waals surface area contributed by atoms with Crippen LogP contribution in [0.15, 0.2) is 42.7 Å². The van der Waals surface area contributed by atoms with E-state index in [1.165, 1.54) is 5.69 Å². The van der Waals surface area contributed by atoms with E-state index in [1.54, 1.807) is 0 Å². The third kappa shape index (κ3) is 2.42. The number of hydrogen-bond acceptors (Lipinski definition) is 2. The number of thiocarbonyl (C=S) groups is 1. The van der Waals surface area contributed by atoms with Gasteiger partial charge in [-0.25, -0.2) is 0 Å². The molecule has 3 heterocycles. The molecule has 1 fully saturated rings. The molecule has 3 rings (SSSR count). The molecule has 1 aliphatic rings. The molecular formula is C16H20N4S. The van der Waals surface area contributed by atoms with Crippen molar-refractivity contribution in [2.24, 2.45) is 0 Å². The van der Waals surface area contributed by atoms with Crippen LogP contribution in [-0.2, 0) is 6.54 Å². The van der Waals surface area contributed by atoms with Gasteiger partial charge in [0, 0.05) is 31.2 Å². The number of nitrogens with zero attached hydrogens (tertiary/aromatic N) is 3. The highest BCUT2D eigenvalue weighted by molar-refractivity contribution is 7.80. The Bertz CT molecular complexity index is 622. The molecule has 5 heteroatoms. The van der Waals surface area contributed by atoms with Crippen LogP contribution in [0, 0.1) is 0 Å². The Balaban J connectivity index is 2.05.